The van der Waals surface area contributed by atoms with Gasteiger partial charge in [0.05, 0.1) is 11.3 Å². The highest BCUT2D eigenvalue weighted by molar-refractivity contribution is 5.26. The normalized spacial score (nSPS) is 15.0. The lowest BCUT2D eigenvalue weighted by atomic mass is 10.0. The van der Waals surface area contributed by atoms with E-state index in [4.69, 9.17) is 0 Å². The highest BCUT2D eigenvalue weighted by Gasteiger charge is 2.30. The van der Waals surface area contributed by atoms with E-state index in [0.29, 0.717) is 0 Å². The van der Waals surface area contributed by atoms with Crippen LogP contribution in [0.4, 0.5) is 13.2 Å². The molecule has 0 fully saturated rings. The molecule has 6 heteroatoms. The lowest BCUT2D eigenvalue weighted by Gasteiger charge is -2.21. The largest absolute Gasteiger partial charge is 0.416 e. The van der Waals surface area contributed by atoms with Gasteiger partial charge in [0.25, 0.3) is 0 Å². The summed E-state index contributed by atoms with van der Waals surface area (Å²) >= 11 is 0. The van der Waals surface area contributed by atoms with Crippen molar-refractivity contribution in [2.45, 2.75) is 32.1 Å². The van der Waals surface area contributed by atoms with E-state index in [1.807, 2.05) is 27.0 Å². The molecule has 21 heavy (non-hydrogen) atoms. The Balaban J connectivity index is 2.07. The van der Waals surface area contributed by atoms with Crippen LogP contribution in [0.15, 0.2) is 36.5 Å². The maximum atomic E-state index is 12.5. The van der Waals surface area contributed by atoms with Crippen molar-refractivity contribution < 1.29 is 13.2 Å². The van der Waals surface area contributed by atoms with Crippen molar-refractivity contribution in [3.63, 3.8) is 0 Å². The second-order valence-corrected chi connectivity index (χ2v) is 5.11. The number of benzene rings is 1. The molecule has 2 unspecified atom stereocenters. The molecule has 114 valence electrons. The molecule has 3 nitrogen and oxygen atoms in total. The summed E-state index contributed by atoms with van der Waals surface area (Å²) in [6.45, 7) is 3.92. The molecular formula is C15H18F3N3. The van der Waals surface area contributed by atoms with Crippen LogP contribution in [-0.4, -0.2) is 9.78 Å². The quantitative estimate of drug-likeness (QED) is 0.929. The van der Waals surface area contributed by atoms with Gasteiger partial charge in [-0.15, -0.1) is 0 Å². The van der Waals surface area contributed by atoms with Gasteiger partial charge in [0.15, 0.2) is 0 Å². The number of nitrogens with one attached hydrogen (secondary N) is 1. The van der Waals surface area contributed by atoms with Crippen molar-refractivity contribution in [3.05, 3.63) is 53.3 Å². The SMILES string of the molecule is CC(NC(C)c1ccnn1C)c1ccc(C(F)(F)F)cc1. The van der Waals surface area contributed by atoms with Crippen LogP contribution in [0.25, 0.3) is 0 Å². The average molecular weight is 297 g/mol. The summed E-state index contributed by atoms with van der Waals surface area (Å²) in [5, 5.41) is 7.46. The first-order valence-electron chi connectivity index (χ1n) is 6.70. The maximum absolute atomic E-state index is 12.5. The lowest BCUT2D eigenvalue weighted by Crippen LogP contribution is -2.24. The minimum atomic E-state index is -4.29. The molecule has 0 aliphatic heterocycles. The van der Waals surface area contributed by atoms with Gasteiger partial charge in [0, 0.05) is 25.3 Å². The highest BCUT2D eigenvalue weighted by atomic mass is 19.4. The third-order valence-electron chi connectivity index (χ3n) is 3.54. The Morgan fingerprint density at radius 2 is 1.67 bits per heavy atom. The highest BCUT2D eigenvalue weighted by Crippen LogP contribution is 2.30. The van der Waals surface area contributed by atoms with Crippen molar-refractivity contribution in [1.29, 1.82) is 0 Å². The van der Waals surface area contributed by atoms with Crippen LogP contribution in [0.2, 0.25) is 0 Å². The molecule has 2 rings (SSSR count). The zero-order valence-electron chi connectivity index (χ0n) is 12.1. The van der Waals surface area contributed by atoms with Gasteiger partial charge in [-0.1, -0.05) is 12.1 Å². The van der Waals surface area contributed by atoms with E-state index >= 15 is 0 Å². The molecule has 1 heterocycles. The monoisotopic (exact) mass is 297 g/mol. The molecule has 1 aromatic carbocycles. The fourth-order valence-electron chi connectivity index (χ4n) is 2.33. The minimum absolute atomic E-state index is 0.0507. The van der Waals surface area contributed by atoms with E-state index in [-0.39, 0.29) is 12.1 Å². The molecule has 0 amide bonds. The van der Waals surface area contributed by atoms with Crippen LogP contribution < -0.4 is 5.32 Å². The van der Waals surface area contributed by atoms with Crippen molar-refractivity contribution in [1.82, 2.24) is 15.1 Å². The molecule has 0 saturated carbocycles. The van der Waals surface area contributed by atoms with Gasteiger partial charge in [-0.3, -0.25) is 4.68 Å². The van der Waals surface area contributed by atoms with Gasteiger partial charge in [-0.2, -0.15) is 18.3 Å². The number of aromatic nitrogens is 2. The van der Waals surface area contributed by atoms with Gasteiger partial charge >= 0.3 is 6.18 Å². The third kappa shape index (κ3) is 3.64. The Morgan fingerprint density at radius 3 is 2.14 bits per heavy atom. The third-order valence-corrected chi connectivity index (χ3v) is 3.54. The molecule has 2 atom stereocenters. The molecule has 0 aliphatic carbocycles. The Hall–Kier alpha value is -1.82. The Labute approximate surface area is 121 Å². The first-order valence-corrected chi connectivity index (χ1v) is 6.70. The standard InChI is InChI=1S/C15H18F3N3/c1-10(20-11(2)14-8-9-19-21(14)3)12-4-6-13(7-5-12)15(16,17)18/h4-11,20H,1-3H3. The molecule has 1 N–H and O–H groups in total. The van der Waals surface area contributed by atoms with Crippen molar-refractivity contribution in [3.8, 4) is 0 Å². The van der Waals surface area contributed by atoms with Gasteiger partial charge in [0.1, 0.15) is 0 Å². The van der Waals surface area contributed by atoms with E-state index in [1.54, 1.807) is 10.9 Å². The molecule has 2 aromatic rings. The van der Waals surface area contributed by atoms with Crippen LogP contribution in [0, 0.1) is 0 Å². The van der Waals surface area contributed by atoms with Crippen LogP contribution in [0.3, 0.4) is 0 Å². The number of rotatable bonds is 4. The van der Waals surface area contributed by atoms with E-state index < -0.39 is 11.7 Å². The predicted molar refractivity (Wildman–Crippen MR) is 74.6 cm³/mol. The summed E-state index contributed by atoms with van der Waals surface area (Å²) in [5.41, 5.74) is 1.21. The number of nitrogens with zero attached hydrogens (tertiary/aromatic N) is 2. The van der Waals surface area contributed by atoms with E-state index in [9.17, 15) is 13.2 Å². The van der Waals surface area contributed by atoms with Gasteiger partial charge in [-0.25, -0.2) is 0 Å². The fourth-order valence-corrected chi connectivity index (χ4v) is 2.33. The van der Waals surface area contributed by atoms with Crippen LogP contribution in [0.1, 0.15) is 42.8 Å². The molecular weight excluding hydrogens is 279 g/mol. The zero-order valence-corrected chi connectivity index (χ0v) is 12.1. The maximum Gasteiger partial charge on any atom is 0.416 e. The van der Waals surface area contributed by atoms with E-state index in [2.05, 4.69) is 10.4 Å². The second kappa shape index (κ2) is 5.89. The second-order valence-electron chi connectivity index (χ2n) is 5.11. The van der Waals surface area contributed by atoms with Crippen LogP contribution >= 0.6 is 0 Å². The molecule has 1 aromatic heterocycles. The number of alkyl halides is 3. The Kier molecular flexibility index (Phi) is 4.37. The van der Waals surface area contributed by atoms with E-state index in [0.717, 1.165) is 23.4 Å². The minimum Gasteiger partial charge on any atom is -0.302 e. The molecule has 0 aliphatic rings. The Morgan fingerprint density at radius 1 is 1.05 bits per heavy atom. The number of hydrogen-bond donors (Lipinski definition) is 1. The first-order chi connectivity index (χ1) is 9.79. The molecule has 0 spiro atoms. The molecule has 0 bridgehead atoms. The summed E-state index contributed by atoms with van der Waals surface area (Å²) in [6, 6.07) is 7.15. The summed E-state index contributed by atoms with van der Waals surface area (Å²) in [5.74, 6) is 0. The fraction of sp³-hybridized carbons (Fsp3) is 0.400. The topological polar surface area (TPSA) is 29.9 Å². The summed E-state index contributed by atoms with van der Waals surface area (Å²) in [6.07, 6.45) is -2.58. The van der Waals surface area contributed by atoms with Crippen molar-refractivity contribution in [2.24, 2.45) is 7.05 Å². The molecule has 0 radical (unpaired) electrons. The van der Waals surface area contributed by atoms with Crippen molar-refractivity contribution in [2.75, 3.05) is 0 Å². The number of halogens is 3. The van der Waals surface area contributed by atoms with Crippen LogP contribution in [0.5, 0.6) is 0 Å². The summed E-state index contributed by atoms with van der Waals surface area (Å²) in [7, 11) is 1.86. The van der Waals surface area contributed by atoms with Gasteiger partial charge < -0.3 is 5.32 Å². The average Bonchev–Trinajstić information content (AvgIpc) is 2.84. The lowest BCUT2D eigenvalue weighted by molar-refractivity contribution is -0.137. The zero-order chi connectivity index (χ0) is 15.6. The predicted octanol–water partition coefficient (Wildman–Crippen LogP) is 3.85. The van der Waals surface area contributed by atoms with Crippen LogP contribution in [-0.2, 0) is 13.2 Å². The first kappa shape index (κ1) is 15.6. The Bertz CT molecular complexity index is 587. The molecule has 0 saturated heterocycles. The number of hydrogen-bond acceptors (Lipinski definition) is 2. The smallest absolute Gasteiger partial charge is 0.302 e. The summed E-state index contributed by atoms with van der Waals surface area (Å²) in [4.78, 5) is 0. The van der Waals surface area contributed by atoms with Gasteiger partial charge in [0.2, 0.25) is 0 Å². The van der Waals surface area contributed by atoms with E-state index in [1.165, 1.54) is 12.1 Å². The summed E-state index contributed by atoms with van der Waals surface area (Å²) < 4.78 is 39.4. The van der Waals surface area contributed by atoms with Crippen molar-refractivity contribution >= 4 is 0 Å². The number of aryl methyl sites for hydroxylation is 1. The van der Waals surface area contributed by atoms with Gasteiger partial charge in [-0.05, 0) is 37.6 Å².